The average Bonchev–Trinajstić information content (AvgIpc) is 2.87. The van der Waals surface area contributed by atoms with Crippen molar-refractivity contribution in [2.24, 2.45) is 0 Å². The van der Waals surface area contributed by atoms with Gasteiger partial charge in [0.1, 0.15) is 19.0 Å². The van der Waals surface area contributed by atoms with Gasteiger partial charge in [-0.25, -0.2) is 18.9 Å². The Kier molecular flexibility index (Phi) is 9.20. The Morgan fingerprint density at radius 3 is 2.27 bits per heavy atom. The third kappa shape index (κ3) is 6.62. The summed E-state index contributed by atoms with van der Waals surface area (Å²) >= 11 is 6.51. The molecular weight excluding hydrogens is 497 g/mol. The van der Waals surface area contributed by atoms with Gasteiger partial charge in [-0.15, -0.1) is 0 Å². The second kappa shape index (κ2) is 12.3. The fraction of sp³-hybridized carbons (Fsp3) is 0.207. The lowest BCUT2D eigenvalue weighted by Gasteiger charge is -2.24. The number of nitrogens with zero attached hydrogens (tertiary/aromatic N) is 1. The van der Waals surface area contributed by atoms with E-state index in [0.717, 1.165) is 5.56 Å². The van der Waals surface area contributed by atoms with Gasteiger partial charge in [0.25, 0.3) is 0 Å². The number of carbonyl (C=O) groups is 3. The van der Waals surface area contributed by atoms with Crippen molar-refractivity contribution in [3.05, 3.63) is 105 Å². The van der Waals surface area contributed by atoms with E-state index < -0.39 is 17.9 Å². The van der Waals surface area contributed by atoms with Crippen LogP contribution in [0.25, 0.3) is 0 Å². The molecule has 0 heterocycles. The molecule has 8 heteroatoms. The predicted molar refractivity (Wildman–Crippen MR) is 141 cm³/mol. The molecule has 0 unspecified atom stereocenters. The first-order valence-corrected chi connectivity index (χ1v) is 11.9. The summed E-state index contributed by atoms with van der Waals surface area (Å²) < 4.78 is 24.2. The number of allylic oxidation sites excluding steroid dienone is 1. The number of aryl methyl sites for hydroxylation is 2. The summed E-state index contributed by atoms with van der Waals surface area (Å²) in [6.45, 7) is 6.47. The normalized spacial score (nSPS) is 11.1. The Morgan fingerprint density at radius 1 is 0.919 bits per heavy atom. The number of esters is 1. The molecule has 0 aromatic heterocycles. The van der Waals surface area contributed by atoms with Crippen molar-refractivity contribution in [2.75, 3.05) is 18.1 Å². The number of hydrogen-bond acceptors (Lipinski definition) is 5. The molecule has 0 saturated heterocycles. The smallest absolute Gasteiger partial charge is 0.419 e. The third-order valence-electron chi connectivity index (χ3n) is 5.72. The summed E-state index contributed by atoms with van der Waals surface area (Å²) in [4.78, 5) is 39.3. The van der Waals surface area contributed by atoms with Gasteiger partial charge in [0, 0.05) is 16.7 Å². The molecule has 0 fully saturated rings. The lowest BCUT2D eigenvalue weighted by atomic mass is 9.99. The maximum absolute atomic E-state index is 13.8. The molecule has 37 heavy (non-hydrogen) atoms. The first-order valence-electron chi connectivity index (χ1n) is 11.6. The lowest BCUT2D eigenvalue weighted by molar-refractivity contribution is -0.139. The zero-order valence-corrected chi connectivity index (χ0v) is 21.8. The van der Waals surface area contributed by atoms with Crippen molar-refractivity contribution in [3.8, 4) is 0 Å². The highest BCUT2D eigenvalue weighted by atomic mass is 35.5. The molecule has 3 aromatic rings. The number of amides is 1. The van der Waals surface area contributed by atoms with Crippen LogP contribution in [0.2, 0.25) is 5.02 Å². The number of ether oxygens (including phenoxy) is 2. The number of rotatable bonds is 8. The van der Waals surface area contributed by atoms with Gasteiger partial charge in [-0.3, -0.25) is 4.79 Å². The number of halogens is 2. The molecule has 0 saturated carbocycles. The minimum absolute atomic E-state index is 0.138. The van der Waals surface area contributed by atoms with Gasteiger partial charge >= 0.3 is 12.1 Å². The van der Waals surface area contributed by atoms with Crippen LogP contribution in [0.4, 0.5) is 20.6 Å². The molecule has 3 aromatic carbocycles. The average molecular weight is 524 g/mol. The third-order valence-corrected chi connectivity index (χ3v) is 6.04. The van der Waals surface area contributed by atoms with Crippen molar-refractivity contribution in [1.82, 2.24) is 0 Å². The Morgan fingerprint density at radius 2 is 1.62 bits per heavy atom. The van der Waals surface area contributed by atoms with E-state index in [1.54, 1.807) is 45.0 Å². The molecule has 0 aliphatic heterocycles. The minimum Gasteiger partial charge on any atom is -0.459 e. The summed E-state index contributed by atoms with van der Waals surface area (Å²) in [7, 11) is 0. The zero-order chi connectivity index (χ0) is 27.1. The minimum atomic E-state index is -0.789. The second-order valence-electron chi connectivity index (χ2n) is 8.30. The molecule has 0 bridgehead atoms. The summed E-state index contributed by atoms with van der Waals surface area (Å²) in [5.74, 6) is -1.22. The van der Waals surface area contributed by atoms with Crippen LogP contribution in [0.5, 0.6) is 0 Å². The van der Waals surface area contributed by atoms with E-state index in [4.69, 9.17) is 21.1 Å². The Labute approximate surface area is 220 Å². The topological polar surface area (TPSA) is 72.9 Å². The van der Waals surface area contributed by atoms with Gasteiger partial charge in [0.2, 0.25) is 0 Å². The molecule has 192 valence electrons. The van der Waals surface area contributed by atoms with Crippen molar-refractivity contribution in [1.29, 1.82) is 0 Å². The highest BCUT2D eigenvalue weighted by molar-refractivity contribution is 6.35. The van der Waals surface area contributed by atoms with Gasteiger partial charge in [0.05, 0.1) is 16.4 Å². The second-order valence-corrected chi connectivity index (χ2v) is 8.70. The van der Waals surface area contributed by atoms with Crippen molar-refractivity contribution in [3.63, 3.8) is 0 Å². The Bertz CT molecular complexity index is 1370. The molecule has 0 spiro atoms. The van der Waals surface area contributed by atoms with E-state index in [0.29, 0.717) is 28.1 Å². The van der Waals surface area contributed by atoms with Gasteiger partial charge < -0.3 is 9.47 Å². The largest absolute Gasteiger partial charge is 0.459 e. The highest BCUT2D eigenvalue weighted by Gasteiger charge is 2.24. The van der Waals surface area contributed by atoms with E-state index in [1.807, 2.05) is 19.1 Å². The SMILES string of the molecule is C/C=C(\C)C(=O)OCCOC(=O)N(c1ccc(C(=O)c2ccccc2C)c(Cl)c1)c1ccc(F)cc1C. The van der Waals surface area contributed by atoms with Gasteiger partial charge in [-0.05, 0) is 75.2 Å². The van der Waals surface area contributed by atoms with Gasteiger partial charge in [0.15, 0.2) is 5.78 Å². The van der Waals surface area contributed by atoms with Crippen LogP contribution in [0.1, 0.15) is 40.9 Å². The monoisotopic (exact) mass is 523 g/mol. The summed E-state index contributed by atoms with van der Waals surface area (Å²) in [5.41, 5.74) is 3.19. The fourth-order valence-electron chi connectivity index (χ4n) is 3.57. The van der Waals surface area contributed by atoms with Crippen LogP contribution in [-0.2, 0) is 14.3 Å². The van der Waals surface area contributed by atoms with Crippen LogP contribution >= 0.6 is 11.6 Å². The van der Waals surface area contributed by atoms with E-state index in [-0.39, 0.29) is 29.6 Å². The summed E-state index contributed by atoms with van der Waals surface area (Å²) in [6, 6.07) is 15.7. The predicted octanol–water partition coefficient (Wildman–Crippen LogP) is 7.11. The molecule has 0 atom stereocenters. The molecule has 3 rings (SSSR count). The standard InChI is InChI=1S/C29H27ClFNO5/c1-5-18(2)28(34)36-14-15-37-29(35)32(26-13-10-21(31)16-20(26)4)22-11-12-24(25(30)17-22)27(33)23-9-7-6-8-19(23)3/h5-13,16-17H,14-15H2,1-4H3/b18-5+. The van der Waals surface area contributed by atoms with Crippen LogP contribution in [0, 0.1) is 19.7 Å². The number of anilines is 2. The van der Waals surface area contributed by atoms with E-state index >= 15 is 0 Å². The molecule has 0 aliphatic rings. The van der Waals surface area contributed by atoms with Crippen molar-refractivity contribution < 1.29 is 28.2 Å². The van der Waals surface area contributed by atoms with Crippen molar-refractivity contribution in [2.45, 2.75) is 27.7 Å². The number of hydrogen-bond donors (Lipinski definition) is 0. The van der Waals surface area contributed by atoms with E-state index in [9.17, 15) is 18.8 Å². The Balaban J connectivity index is 1.89. The lowest BCUT2D eigenvalue weighted by Crippen LogP contribution is -2.29. The fourth-order valence-corrected chi connectivity index (χ4v) is 3.83. The van der Waals surface area contributed by atoms with Crippen molar-refractivity contribution >= 4 is 40.8 Å². The number of benzene rings is 3. The van der Waals surface area contributed by atoms with E-state index in [1.165, 1.54) is 35.2 Å². The molecule has 0 radical (unpaired) electrons. The van der Waals surface area contributed by atoms with Gasteiger partial charge in [-0.2, -0.15) is 0 Å². The molecular formula is C29H27ClFNO5. The maximum atomic E-state index is 13.8. The first kappa shape index (κ1) is 27.6. The number of carbonyl (C=O) groups excluding carboxylic acids is 3. The number of ketones is 1. The Hall–Kier alpha value is -3.97. The molecule has 1 amide bonds. The first-order chi connectivity index (χ1) is 17.6. The zero-order valence-electron chi connectivity index (χ0n) is 21.0. The van der Waals surface area contributed by atoms with E-state index in [2.05, 4.69) is 0 Å². The molecule has 6 nitrogen and oxygen atoms in total. The van der Waals surface area contributed by atoms with Crippen LogP contribution in [-0.4, -0.2) is 31.1 Å². The maximum Gasteiger partial charge on any atom is 0.419 e. The van der Waals surface area contributed by atoms with Crippen LogP contribution in [0.3, 0.4) is 0 Å². The van der Waals surface area contributed by atoms with Crippen LogP contribution < -0.4 is 4.90 Å². The molecule has 0 N–H and O–H groups in total. The summed E-state index contributed by atoms with van der Waals surface area (Å²) in [5, 5.41) is 0.138. The van der Waals surface area contributed by atoms with Gasteiger partial charge in [-0.1, -0.05) is 41.9 Å². The van der Waals surface area contributed by atoms with Crippen LogP contribution in [0.15, 0.2) is 72.3 Å². The summed E-state index contributed by atoms with van der Waals surface area (Å²) in [6.07, 6.45) is 0.826. The highest BCUT2D eigenvalue weighted by Crippen LogP contribution is 2.33. The molecule has 0 aliphatic carbocycles. The quantitative estimate of drug-likeness (QED) is 0.136.